The summed E-state index contributed by atoms with van der Waals surface area (Å²) >= 11 is 0. The van der Waals surface area contributed by atoms with Crippen LogP contribution >= 0.6 is 0 Å². The molecule has 3 heteroatoms. The van der Waals surface area contributed by atoms with Gasteiger partial charge in [-0.25, -0.2) is 4.98 Å². The lowest BCUT2D eigenvalue weighted by Crippen LogP contribution is -2.16. The Labute approximate surface area is 100 Å². The number of fused-ring (bicyclic) bond motifs is 1. The predicted molar refractivity (Wildman–Crippen MR) is 66.5 cm³/mol. The number of hydrogen-bond acceptors (Lipinski definition) is 3. The standard InChI is InChI=1S/C14H14N2O/c17-10-13-6-3-7-14(15-13)16-8-11-4-1-2-5-12(11)9-16/h1-7,17H,8-10H2. The van der Waals surface area contributed by atoms with Crippen molar-refractivity contribution in [3.05, 3.63) is 59.3 Å². The average molecular weight is 226 g/mol. The molecule has 2 aromatic rings. The van der Waals surface area contributed by atoms with E-state index in [9.17, 15) is 0 Å². The van der Waals surface area contributed by atoms with Crippen LogP contribution in [-0.4, -0.2) is 10.1 Å². The molecule has 0 aliphatic carbocycles. The van der Waals surface area contributed by atoms with Gasteiger partial charge < -0.3 is 10.0 Å². The Hall–Kier alpha value is -1.87. The molecule has 1 N–H and O–H groups in total. The van der Waals surface area contributed by atoms with Crippen LogP contribution in [0, 0.1) is 0 Å². The van der Waals surface area contributed by atoms with Gasteiger partial charge >= 0.3 is 0 Å². The molecule has 1 aliphatic rings. The Morgan fingerprint density at radius 1 is 1.00 bits per heavy atom. The maximum Gasteiger partial charge on any atom is 0.129 e. The summed E-state index contributed by atoms with van der Waals surface area (Å²) in [5.74, 6) is 0.938. The number of benzene rings is 1. The van der Waals surface area contributed by atoms with Crippen molar-refractivity contribution >= 4 is 5.82 Å². The van der Waals surface area contributed by atoms with E-state index >= 15 is 0 Å². The van der Waals surface area contributed by atoms with Gasteiger partial charge in [0.2, 0.25) is 0 Å². The molecule has 1 aliphatic heterocycles. The minimum atomic E-state index is -0.00533. The number of nitrogens with zero attached hydrogens (tertiary/aromatic N) is 2. The van der Waals surface area contributed by atoms with Gasteiger partial charge in [0, 0.05) is 13.1 Å². The van der Waals surface area contributed by atoms with Crippen molar-refractivity contribution in [1.82, 2.24) is 4.98 Å². The van der Waals surface area contributed by atoms with E-state index in [4.69, 9.17) is 5.11 Å². The summed E-state index contributed by atoms with van der Waals surface area (Å²) in [7, 11) is 0. The van der Waals surface area contributed by atoms with Crippen molar-refractivity contribution in [3.63, 3.8) is 0 Å². The number of anilines is 1. The number of pyridine rings is 1. The summed E-state index contributed by atoms with van der Waals surface area (Å²) in [5, 5.41) is 9.10. The molecule has 1 aromatic heterocycles. The third-order valence-corrected chi connectivity index (χ3v) is 3.12. The molecule has 3 rings (SSSR count). The first-order valence-electron chi connectivity index (χ1n) is 5.75. The Morgan fingerprint density at radius 3 is 2.35 bits per heavy atom. The number of rotatable bonds is 2. The van der Waals surface area contributed by atoms with E-state index in [1.54, 1.807) is 0 Å². The second kappa shape index (κ2) is 4.18. The number of hydrogen-bond donors (Lipinski definition) is 1. The van der Waals surface area contributed by atoms with E-state index < -0.39 is 0 Å². The first-order valence-corrected chi connectivity index (χ1v) is 5.75. The summed E-state index contributed by atoms with van der Waals surface area (Å²) in [6, 6.07) is 14.2. The predicted octanol–water partition coefficient (Wildman–Crippen LogP) is 2.09. The highest BCUT2D eigenvalue weighted by atomic mass is 16.3. The first-order chi connectivity index (χ1) is 8.36. The SMILES string of the molecule is OCc1cccc(N2Cc3ccccc3C2)n1. The van der Waals surface area contributed by atoms with Gasteiger partial charge in [-0.2, -0.15) is 0 Å². The van der Waals surface area contributed by atoms with Crippen LogP contribution in [0.25, 0.3) is 0 Å². The van der Waals surface area contributed by atoms with Crippen LogP contribution < -0.4 is 4.90 Å². The molecule has 0 radical (unpaired) electrons. The Bertz CT molecular complexity index is 514. The van der Waals surface area contributed by atoms with Crippen LogP contribution in [0.1, 0.15) is 16.8 Å². The first kappa shape index (κ1) is 10.3. The van der Waals surface area contributed by atoms with Crippen LogP contribution in [0.3, 0.4) is 0 Å². The molecule has 0 amide bonds. The minimum absolute atomic E-state index is 0.00533. The Morgan fingerprint density at radius 2 is 1.71 bits per heavy atom. The van der Waals surface area contributed by atoms with Crippen molar-refractivity contribution in [2.45, 2.75) is 19.7 Å². The maximum absolute atomic E-state index is 9.10. The van der Waals surface area contributed by atoms with E-state index in [1.165, 1.54) is 11.1 Å². The highest BCUT2D eigenvalue weighted by Crippen LogP contribution is 2.26. The second-order valence-corrected chi connectivity index (χ2v) is 4.27. The number of aliphatic hydroxyl groups excluding tert-OH is 1. The van der Waals surface area contributed by atoms with E-state index in [0.29, 0.717) is 0 Å². The second-order valence-electron chi connectivity index (χ2n) is 4.27. The van der Waals surface area contributed by atoms with Crippen molar-refractivity contribution in [1.29, 1.82) is 0 Å². The van der Waals surface area contributed by atoms with Crippen molar-refractivity contribution in [2.75, 3.05) is 4.90 Å². The molecule has 0 bridgehead atoms. The summed E-state index contributed by atoms with van der Waals surface area (Å²) in [6.07, 6.45) is 0. The third kappa shape index (κ3) is 1.89. The van der Waals surface area contributed by atoms with Crippen molar-refractivity contribution < 1.29 is 5.11 Å². The quantitative estimate of drug-likeness (QED) is 0.851. The zero-order valence-corrected chi connectivity index (χ0v) is 9.50. The van der Waals surface area contributed by atoms with Gasteiger partial charge in [0.05, 0.1) is 12.3 Å². The molecule has 0 unspecified atom stereocenters. The fourth-order valence-corrected chi connectivity index (χ4v) is 2.23. The van der Waals surface area contributed by atoms with Crippen LogP contribution in [0.4, 0.5) is 5.82 Å². The zero-order chi connectivity index (χ0) is 11.7. The smallest absolute Gasteiger partial charge is 0.129 e. The molecule has 0 saturated heterocycles. The van der Waals surface area contributed by atoms with Gasteiger partial charge in [-0.3, -0.25) is 0 Å². The van der Waals surface area contributed by atoms with Gasteiger partial charge in [0.25, 0.3) is 0 Å². The molecular formula is C14H14N2O. The van der Waals surface area contributed by atoms with Crippen molar-refractivity contribution in [2.24, 2.45) is 0 Å². The van der Waals surface area contributed by atoms with E-state index in [2.05, 4.69) is 34.1 Å². The lowest BCUT2D eigenvalue weighted by Gasteiger charge is -2.16. The average Bonchev–Trinajstić information content (AvgIpc) is 2.82. The molecular weight excluding hydrogens is 212 g/mol. The lowest BCUT2D eigenvalue weighted by atomic mass is 10.1. The molecule has 1 aromatic carbocycles. The summed E-state index contributed by atoms with van der Waals surface area (Å²) in [5.41, 5.74) is 3.45. The molecule has 0 saturated carbocycles. The maximum atomic E-state index is 9.10. The highest BCUT2D eigenvalue weighted by molar-refractivity contribution is 5.47. The highest BCUT2D eigenvalue weighted by Gasteiger charge is 2.19. The fraction of sp³-hybridized carbons (Fsp3) is 0.214. The van der Waals surface area contributed by atoms with Crippen LogP contribution in [0.15, 0.2) is 42.5 Å². The summed E-state index contributed by atoms with van der Waals surface area (Å²) < 4.78 is 0. The molecule has 0 fully saturated rings. The fourth-order valence-electron chi connectivity index (χ4n) is 2.23. The number of aromatic nitrogens is 1. The normalized spacial score (nSPS) is 13.8. The lowest BCUT2D eigenvalue weighted by molar-refractivity contribution is 0.277. The Balaban J connectivity index is 1.88. The van der Waals surface area contributed by atoms with Gasteiger partial charge in [0.15, 0.2) is 0 Å². The molecule has 86 valence electrons. The van der Waals surface area contributed by atoms with E-state index in [0.717, 1.165) is 24.6 Å². The van der Waals surface area contributed by atoms with E-state index in [-0.39, 0.29) is 6.61 Å². The van der Waals surface area contributed by atoms with Crippen LogP contribution in [0.5, 0.6) is 0 Å². The van der Waals surface area contributed by atoms with Crippen LogP contribution in [0.2, 0.25) is 0 Å². The molecule has 2 heterocycles. The summed E-state index contributed by atoms with van der Waals surface area (Å²) in [4.78, 5) is 6.66. The third-order valence-electron chi connectivity index (χ3n) is 3.12. The van der Waals surface area contributed by atoms with Gasteiger partial charge in [-0.15, -0.1) is 0 Å². The zero-order valence-electron chi connectivity index (χ0n) is 9.50. The largest absolute Gasteiger partial charge is 0.390 e. The van der Waals surface area contributed by atoms with Crippen LogP contribution in [-0.2, 0) is 19.7 Å². The summed E-state index contributed by atoms with van der Waals surface area (Å²) in [6.45, 7) is 1.80. The minimum Gasteiger partial charge on any atom is -0.390 e. The topological polar surface area (TPSA) is 36.4 Å². The number of aliphatic hydroxyl groups is 1. The van der Waals surface area contributed by atoms with Gasteiger partial charge in [-0.05, 0) is 23.3 Å². The molecule has 0 spiro atoms. The van der Waals surface area contributed by atoms with Gasteiger partial charge in [-0.1, -0.05) is 30.3 Å². The molecule has 17 heavy (non-hydrogen) atoms. The molecule has 0 atom stereocenters. The van der Waals surface area contributed by atoms with Gasteiger partial charge in [0.1, 0.15) is 5.82 Å². The molecule has 3 nitrogen and oxygen atoms in total. The van der Waals surface area contributed by atoms with Crippen molar-refractivity contribution in [3.8, 4) is 0 Å². The van der Waals surface area contributed by atoms with E-state index in [1.807, 2.05) is 18.2 Å². The Kier molecular flexibility index (Phi) is 2.53. The monoisotopic (exact) mass is 226 g/mol.